The number of nitrogens with zero attached hydrogens (tertiary/aromatic N) is 1. The van der Waals surface area contributed by atoms with E-state index in [1.54, 1.807) is 6.20 Å². The van der Waals surface area contributed by atoms with Gasteiger partial charge in [-0.1, -0.05) is 30.3 Å². The average molecular weight is 290 g/mol. The monoisotopic (exact) mass is 290 g/mol. The molecule has 0 saturated heterocycles. The van der Waals surface area contributed by atoms with Gasteiger partial charge in [-0.2, -0.15) is 0 Å². The molecule has 0 bridgehead atoms. The van der Waals surface area contributed by atoms with Gasteiger partial charge in [0.25, 0.3) is 0 Å². The smallest absolute Gasteiger partial charge is 0.120 e. The predicted octanol–water partition coefficient (Wildman–Crippen LogP) is 4.22. The fourth-order valence-corrected chi connectivity index (χ4v) is 2.35. The Kier molecular flexibility index (Phi) is 4.05. The number of aryl methyl sites for hydroxylation is 1. The Morgan fingerprint density at radius 2 is 1.82 bits per heavy atom. The lowest BCUT2D eigenvalue weighted by Crippen LogP contribution is -1.97. The average Bonchev–Trinajstić information content (AvgIpc) is 2.56. The van der Waals surface area contributed by atoms with Crippen LogP contribution in [0.25, 0.3) is 11.1 Å². The minimum atomic E-state index is 0.538. The maximum absolute atomic E-state index is 6.11. The van der Waals surface area contributed by atoms with Crippen LogP contribution in [0.1, 0.15) is 11.1 Å². The Balaban J connectivity index is 1.86. The normalized spacial score (nSPS) is 10.4. The van der Waals surface area contributed by atoms with Crippen molar-refractivity contribution >= 4 is 5.69 Å². The minimum Gasteiger partial charge on any atom is -0.489 e. The molecule has 1 heterocycles. The Morgan fingerprint density at radius 1 is 1.00 bits per heavy atom. The van der Waals surface area contributed by atoms with Crippen LogP contribution in [0, 0.1) is 6.92 Å². The molecular formula is C19H18N2O. The number of benzene rings is 2. The Labute approximate surface area is 130 Å². The van der Waals surface area contributed by atoms with E-state index < -0.39 is 0 Å². The summed E-state index contributed by atoms with van der Waals surface area (Å²) in [5.41, 5.74) is 11.1. The molecular weight excluding hydrogens is 272 g/mol. The van der Waals surface area contributed by atoms with Gasteiger partial charge in [0, 0.05) is 29.2 Å². The van der Waals surface area contributed by atoms with Gasteiger partial charge in [0.15, 0.2) is 0 Å². The number of hydrogen-bond donors (Lipinski definition) is 1. The summed E-state index contributed by atoms with van der Waals surface area (Å²) in [6, 6.07) is 17.8. The lowest BCUT2D eigenvalue weighted by Gasteiger charge is -2.12. The van der Waals surface area contributed by atoms with E-state index in [1.165, 1.54) is 0 Å². The first kappa shape index (κ1) is 14.1. The number of nitrogens with two attached hydrogens (primary N) is 1. The van der Waals surface area contributed by atoms with E-state index in [0.717, 1.165) is 33.7 Å². The first-order valence-corrected chi connectivity index (χ1v) is 7.21. The molecule has 0 radical (unpaired) electrons. The third-order valence-electron chi connectivity index (χ3n) is 3.60. The second kappa shape index (κ2) is 6.31. The van der Waals surface area contributed by atoms with Crippen LogP contribution in [0.15, 0.2) is 67.0 Å². The van der Waals surface area contributed by atoms with Crippen LogP contribution in [-0.4, -0.2) is 4.98 Å². The van der Waals surface area contributed by atoms with Gasteiger partial charge in [-0.3, -0.25) is 4.98 Å². The van der Waals surface area contributed by atoms with Crippen molar-refractivity contribution in [3.05, 3.63) is 78.1 Å². The van der Waals surface area contributed by atoms with Crippen molar-refractivity contribution in [2.45, 2.75) is 13.5 Å². The van der Waals surface area contributed by atoms with Crippen LogP contribution in [0.4, 0.5) is 5.69 Å². The summed E-state index contributed by atoms with van der Waals surface area (Å²) in [5.74, 6) is 0.802. The molecule has 0 aliphatic heterocycles. The Hall–Kier alpha value is -2.81. The van der Waals surface area contributed by atoms with Crippen LogP contribution in [0.5, 0.6) is 5.75 Å². The van der Waals surface area contributed by atoms with E-state index in [2.05, 4.69) is 4.98 Å². The van der Waals surface area contributed by atoms with Gasteiger partial charge >= 0.3 is 0 Å². The van der Waals surface area contributed by atoms with Crippen molar-refractivity contribution in [3.63, 3.8) is 0 Å². The number of pyridine rings is 1. The first-order chi connectivity index (χ1) is 10.7. The lowest BCUT2D eigenvalue weighted by molar-refractivity contribution is 0.306. The highest BCUT2D eigenvalue weighted by molar-refractivity contribution is 5.79. The molecule has 0 aliphatic rings. The molecule has 0 saturated carbocycles. The van der Waals surface area contributed by atoms with Gasteiger partial charge in [-0.15, -0.1) is 0 Å². The van der Waals surface area contributed by atoms with Gasteiger partial charge in [-0.25, -0.2) is 0 Å². The van der Waals surface area contributed by atoms with Gasteiger partial charge in [0.1, 0.15) is 12.4 Å². The van der Waals surface area contributed by atoms with E-state index in [4.69, 9.17) is 10.5 Å². The van der Waals surface area contributed by atoms with Crippen molar-refractivity contribution in [2.24, 2.45) is 0 Å². The molecule has 0 spiro atoms. The quantitative estimate of drug-likeness (QED) is 0.732. The molecule has 22 heavy (non-hydrogen) atoms. The number of anilines is 1. The summed E-state index contributed by atoms with van der Waals surface area (Å²) in [6.45, 7) is 2.59. The van der Waals surface area contributed by atoms with E-state index in [9.17, 15) is 0 Å². The van der Waals surface area contributed by atoms with E-state index >= 15 is 0 Å². The summed E-state index contributed by atoms with van der Waals surface area (Å²) >= 11 is 0. The number of nitrogen functional groups attached to an aromatic ring is 1. The molecule has 110 valence electrons. The highest BCUT2D eigenvalue weighted by Gasteiger charge is 2.08. The second-order valence-electron chi connectivity index (χ2n) is 5.21. The van der Waals surface area contributed by atoms with Crippen LogP contribution >= 0.6 is 0 Å². The predicted molar refractivity (Wildman–Crippen MR) is 89.6 cm³/mol. The molecule has 3 aromatic rings. The summed E-state index contributed by atoms with van der Waals surface area (Å²) in [4.78, 5) is 4.19. The lowest BCUT2D eigenvalue weighted by atomic mass is 10.0. The standard InChI is InChI=1S/C19H18N2O/c1-14-9-10-21-12-18(14)17-11-16(7-8-19(17)20)22-13-15-5-3-2-4-6-15/h2-12H,13,20H2,1H3. The van der Waals surface area contributed by atoms with Crippen LogP contribution in [0.3, 0.4) is 0 Å². The molecule has 2 aromatic carbocycles. The van der Waals surface area contributed by atoms with Gasteiger partial charge in [0.05, 0.1) is 0 Å². The van der Waals surface area contributed by atoms with E-state index in [-0.39, 0.29) is 0 Å². The van der Waals surface area contributed by atoms with Crippen molar-refractivity contribution in [1.29, 1.82) is 0 Å². The molecule has 2 N–H and O–H groups in total. The largest absolute Gasteiger partial charge is 0.489 e. The van der Waals surface area contributed by atoms with Crippen molar-refractivity contribution in [1.82, 2.24) is 4.98 Å². The zero-order chi connectivity index (χ0) is 15.4. The molecule has 3 nitrogen and oxygen atoms in total. The summed E-state index contributed by atoms with van der Waals surface area (Å²) in [7, 11) is 0. The van der Waals surface area contributed by atoms with Crippen LogP contribution < -0.4 is 10.5 Å². The maximum Gasteiger partial charge on any atom is 0.120 e. The summed E-state index contributed by atoms with van der Waals surface area (Å²) in [5, 5.41) is 0. The molecule has 0 aliphatic carbocycles. The third-order valence-corrected chi connectivity index (χ3v) is 3.60. The van der Waals surface area contributed by atoms with Crippen LogP contribution in [-0.2, 0) is 6.61 Å². The zero-order valence-corrected chi connectivity index (χ0v) is 12.5. The highest BCUT2D eigenvalue weighted by Crippen LogP contribution is 2.31. The Bertz CT molecular complexity index is 769. The van der Waals surface area contributed by atoms with Crippen molar-refractivity contribution < 1.29 is 4.74 Å². The fraction of sp³-hybridized carbons (Fsp3) is 0.105. The van der Waals surface area contributed by atoms with Gasteiger partial charge in [0.2, 0.25) is 0 Å². The molecule has 0 amide bonds. The number of hydrogen-bond acceptors (Lipinski definition) is 3. The molecule has 1 aromatic heterocycles. The molecule has 3 heteroatoms. The second-order valence-corrected chi connectivity index (χ2v) is 5.21. The number of ether oxygens (including phenoxy) is 1. The summed E-state index contributed by atoms with van der Waals surface area (Å²) < 4.78 is 5.87. The van der Waals surface area contributed by atoms with Crippen molar-refractivity contribution in [2.75, 3.05) is 5.73 Å². The SMILES string of the molecule is Cc1ccncc1-c1cc(OCc2ccccc2)ccc1N. The topological polar surface area (TPSA) is 48.1 Å². The third kappa shape index (κ3) is 3.09. The minimum absolute atomic E-state index is 0.538. The number of rotatable bonds is 4. The van der Waals surface area contributed by atoms with E-state index in [0.29, 0.717) is 6.61 Å². The van der Waals surface area contributed by atoms with E-state index in [1.807, 2.05) is 67.7 Å². The van der Waals surface area contributed by atoms with Gasteiger partial charge < -0.3 is 10.5 Å². The molecule has 0 fully saturated rings. The Morgan fingerprint density at radius 3 is 2.59 bits per heavy atom. The van der Waals surface area contributed by atoms with Gasteiger partial charge in [-0.05, 0) is 42.3 Å². The maximum atomic E-state index is 6.11. The zero-order valence-electron chi connectivity index (χ0n) is 12.5. The fourth-order valence-electron chi connectivity index (χ4n) is 2.35. The highest BCUT2D eigenvalue weighted by atomic mass is 16.5. The summed E-state index contributed by atoms with van der Waals surface area (Å²) in [6.07, 6.45) is 3.62. The van der Waals surface area contributed by atoms with Crippen molar-refractivity contribution in [3.8, 4) is 16.9 Å². The first-order valence-electron chi connectivity index (χ1n) is 7.21. The molecule has 0 unspecified atom stereocenters. The van der Waals surface area contributed by atoms with Crippen LogP contribution in [0.2, 0.25) is 0 Å². The molecule has 0 atom stereocenters. The number of aromatic nitrogens is 1. The molecule has 3 rings (SSSR count).